The number of ether oxygens (including phenoxy) is 1. The largest absolute Gasteiger partial charge is 0.507 e. The molecule has 0 atom stereocenters. The van der Waals surface area contributed by atoms with Gasteiger partial charge in [0.1, 0.15) is 17.4 Å². The Kier molecular flexibility index (Phi) is 4.02. The van der Waals surface area contributed by atoms with E-state index in [-0.39, 0.29) is 11.6 Å². The van der Waals surface area contributed by atoms with E-state index in [0.29, 0.717) is 21.7 Å². The van der Waals surface area contributed by atoms with Gasteiger partial charge in [-0.1, -0.05) is 35.9 Å². The van der Waals surface area contributed by atoms with Crippen LogP contribution in [0.3, 0.4) is 0 Å². The van der Waals surface area contributed by atoms with Gasteiger partial charge in [0.25, 0.3) is 0 Å². The number of aryl methyl sites for hydroxylation is 1. The first kappa shape index (κ1) is 16.4. The Hall–Kier alpha value is -3.03. The van der Waals surface area contributed by atoms with Crippen LogP contribution in [0, 0.1) is 11.3 Å². The molecule has 0 bridgehead atoms. The molecule has 0 saturated heterocycles. The molecule has 128 valence electrons. The lowest BCUT2D eigenvalue weighted by Gasteiger charge is -2.24. The summed E-state index contributed by atoms with van der Waals surface area (Å²) in [5.74, 6) is 0.317. The zero-order chi connectivity index (χ0) is 18.3. The average molecular weight is 363 g/mol. The molecule has 2 aromatic carbocycles. The second-order valence-corrected chi connectivity index (χ2v) is 6.57. The SMILES string of the molecule is COc1nc2c(c(-c3cc(Cl)ccc3O)c1C#N)CCc1ccccc1-2. The number of pyridine rings is 1. The quantitative estimate of drug-likeness (QED) is 0.714. The van der Waals surface area contributed by atoms with Gasteiger partial charge >= 0.3 is 0 Å². The Balaban J connectivity index is 2.12. The molecule has 4 rings (SSSR count). The minimum atomic E-state index is 0.0696. The van der Waals surface area contributed by atoms with Gasteiger partial charge in [0, 0.05) is 21.7 Å². The molecule has 26 heavy (non-hydrogen) atoms. The third-order valence-electron chi connectivity index (χ3n) is 4.71. The van der Waals surface area contributed by atoms with Gasteiger partial charge in [-0.2, -0.15) is 5.26 Å². The van der Waals surface area contributed by atoms with Crippen molar-refractivity contribution >= 4 is 11.6 Å². The molecule has 0 aliphatic heterocycles. The summed E-state index contributed by atoms with van der Waals surface area (Å²) in [6, 6.07) is 15.1. The van der Waals surface area contributed by atoms with Crippen LogP contribution in [-0.4, -0.2) is 17.2 Å². The van der Waals surface area contributed by atoms with Crippen molar-refractivity contribution in [2.45, 2.75) is 12.8 Å². The van der Waals surface area contributed by atoms with E-state index in [1.54, 1.807) is 12.1 Å². The Labute approximate surface area is 156 Å². The summed E-state index contributed by atoms with van der Waals surface area (Å²) in [5, 5.41) is 20.7. The van der Waals surface area contributed by atoms with Crippen molar-refractivity contribution in [2.75, 3.05) is 7.11 Å². The highest BCUT2D eigenvalue weighted by Crippen LogP contribution is 2.44. The lowest BCUT2D eigenvalue weighted by Crippen LogP contribution is -2.10. The molecule has 0 fully saturated rings. The molecule has 0 radical (unpaired) electrons. The van der Waals surface area contributed by atoms with E-state index in [1.165, 1.54) is 18.7 Å². The number of phenols is 1. The monoisotopic (exact) mass is 362 g/mol. The van der Waals surface area contributed by atoms with Gasteiger partial charge in [-0.25, -0.2) is 4.98 Å². The highest BCUT2D eigenvalue weighted by Gasteiger charge is 2.27. The van der Waals surface area contributed by atoms with Gasteiger partial charge in [0.2, 0.25) is 5.88 Å². The minimum Gasteiger partial charge on any atom is -0.507 e. The number of nitriles is 1. The van der Waals surface area contributed by atoms with E-state index >= 15 is 0 Å². The molecular weight excluding hydrogens is 348 g/mol. The molecule has 0 spiro atoms. The number of methoxy groups -OCH3 is 1. The van der Waals surface area contributed by atoms with Crippen molar-refractivity contribution in [1.82, 2.24) is 4.98 Å². The van der Waals surface area contributed by atoms with Crippen molar-refractivity contribution in [3.63, 3.8) is 0 Å². The predicted molar refractivity (Wildman–Crippen MR) is 100 cm³/mol. The summed E-state index contributed by atoms with van der Waals surface area (Å²) < 4.78 is 5.40. The maximum atomic E-state index is 10.4. The lowest BCUT2D eigenvalue weighted by molar-refractivity contribution is 0.397. The Morgan fingerprint density at radius 1 is 1.15 bits per heavy atom. The smallest absolute Gasteiger partial charge is 0.232 e. The van der Waals surface area contributed by atoms with Crippen molar-refractivity contribution < 1.29 is 9.84 Å². The normalized spacial score (nSPS) is 12.0. The summed E-state index contributed by atoms with van der Waals surface area (Å²) >= 11 is 6.16. The number of benzene rings is 2. The molecule has 3 aromatic rings. The highest BCUT2D eigenvalue weighted by atomic mass is 35.5. The first-order valence-electron chi connectivity index (χ1n) is 8.22. The van der Waals surface area contributed by atoms with Crippen LogP contribution in [0.5, 0.6) is 11.6 Å². The number of phenolic OH excluding ortho intramolecular Hbond substituents is 1. The van der Waals surface area contributed by atoms with Gasteiger partial charge in [-0.15, -0.1) is 0 Å². The van der Waals surface area contributed by atoms with Crippen LogP contribution in [0.2, 0.25) is 5.02 Å². The van der Waals surface area contributed by atoms with Crippen molar-refractivity contribution in [3.8, 4) is 40.1 Å². The number of hydrogen-bond acceptors (Lipinski definition) is 4. The molecule has 1 aliphatic rings. The van der Waals surface area contributed by atoms with Crippen LogP contribution < -0.4 is 4.74 Å². The number of aromatic hydroxyl groups is 1. The molecule has 1 aromatic heterocycles. The molecule has 1 N–H and O–H groups in total. The van der Waals surface area contributed by atoms with E-state index in [9.17, 15) is 10.4 Å². The van der Waals surface area contributed by atoms with E-state index in [2.05, 4.69) is 17.1 Å². The minimum absolute atomic E-state index is 0.0696. The second-order valence-electron chi connectivity index (χ2n) is 6.13. The third kappa shape index (κ3) is 2.49. The van der Waals surface area contributed by atoms with Crippen LogP contribution in [0.1, 0.15) is 16.7 Å². The van der Waals surface area contributed by atoms with Crippen LogP contribution in [0.15, 0.2) is 42.5 Å². The Morgan fingerprint density at radius 3 is 2.73 bits per heavy atom. The second kappa shape index (κ2) is 6.36. The highest BCUT2D eigenvalue weighted by molar-refractivity contribution is 6.31. The molecule has 0 saturated carbocycles. The van der Waals surface area contributed by atoms with Crippen LogP contribution in [0.4, 0.5) is 0 Å². The topological polar surface area (TPSA) is 66.1 Å². The molecule has 0 amide bonds. The van der Waals surface area contributed by atoms with Gasteiger partial charge in [-0.3, -0.25) is 0 Å². The molecule has 5 heteroatoms. The standard InChI is InChI=1S/C21H15ClN2O2/c1-26-21-17(11-23)19(16-10-13(22)7-9-18(16)25)15-8-6-12-4-2-3-5-14(12)20(15)24-21/h2-5,7,9-10,25H,6,8H2,1H3. The van der Waals surface area contributed by atoms with Crippen LogP contribution in [-0.2, 0) is 12.8 Å². The first-order valence-corrected chi connectivity index (χ1v) is 8.60. The van der Waals surface area contributed by atoms with Gasteiger partial charge in [0.05, 0.1) is 12.8 Å². The maximum Gasteiger partial charge on any atom is 0.232 e. The van der Waals surface area contributed by atoms with Crippen LogP contribution >= 0.6 is 11.6 Å². The predicted octanol–water partition coefficient (Wildman–Crippen LogP) is 4.75. The van der Waals surface area contributed by atoms with E-state index in [1.807, 2.05) is 18.2 Å². The number of rotatable bonds is 2. The van der Waals surface area contributed by atoms with E-state index < -0.39 is 0 Å². The van der Waals surface area contributed by atoms with Gasteiger partial charge in [0.15, 0.2) is 0 Å². The number of hydrogen-bond donors (Lipinski definition) is 1. The molecular formula is C21H15ClN2O2. The molecule has 1 heterocycles. The van der Waals surface area contributed by atoms with Gasteiger partial charge < -0.3 is 9.84 Å². The number of fused-ring (bicyclic) bond motifs is 3. The first-order chi connectivity index (χ1) is 12.6. The number of halogens is 1. The fourth-order valence-electron chi connectivity index (χ4n) is 3.55. The molecule has 4 nitrogen and oxygen atoms in total. The van der Waals surface area contributed by atoms with Gasteiger partial charge in [-0.05, 0) is 42.2 Å². The molecule has 0 unspecified atom stereocenters. The maximum absolute atomic E-state index is 10.4. The van der Waals surface area contributed by atoms with Crippen LogP contribution in [0.25, 0.3) is 22.4 Å². The Bertz CT molecular complexity index is 1070. The zero-order valence-electron chi connectivity index (χ0n) is 14.1. The third-order valence-corrected chi connectivity index (χ3v) is 4.95. The van der Waals surface area contributed by atoms with Crippen molar-refractivity contribution in [3.05, 3.63) is 64.2 Å². The fraction of sp³-hybridized carbons (Fsp3) is 0.143. The van der Waals surface area contributed by atoms with E-state index in [0.717, 1.165) is 29.7 Å². The summed E-state index contributed by atoms with van der Waals surface area (Å²) in [4.78, 5) is 4.62. The number of aromatic nitrogens is 1. The number of nitrogens with zero attached hydrogens (tertiary/aromatic N) is 2. The Morgan fingerprint density at radius 2 is 1.96 bits per heavy atom. The lowest BCUT2D eigenvalue weighted by atomic mass is 9.83. The summed E-state index contributed by atoms with van der Waals surface area (Å²) in [5.41, 5.74) is 5.42. The fourth-order valence-corrected chi connectivity index (χ4v) is 3.73. The summed E-state index contributed by atoms with van der Waals surface area (Å²) in [6.45, 7) is 0. The summed E-state index contributed by atoms with van der Waals surface area (Å²) in [7, 11) is 1.49. The zero-order valence-corrected chi connectivity index (χ0v) is 14.8. The van der Waals surface area contributed by atoms with Crippen molar-refractivity contribution in [2.24, 2.45) is 0 Å². The molecule has 1 aliphatic carbocycles. The average Bonchev–Trinajstić information content (AvgIpc) is 2.68. The summed E-state index contributed by atoms with van der Waals surface area (Å²) in [6.07, 6.45) is 1.57. The van der Waals surface area contributed by atoms with Crippen molar-refractivity contribution in [1.29, 1.82) is 5.26 Å². The van der Waals surface area contributed by atoms with E-state index in [4.69, 9.17) is 16.3 Å².